The van der Waals surface area contributed by atoms with Crippen molar-refractivity contribution in [2.45, 2.75) is 0 Å². The summed E-state index contributed by atoms with van der Waals surface area (Å²) in [5.41, 5.74) is 0.597. The van der Waals surface area contributed by atoms with Crippen molar-refractivity contribution in [1.82, 2.24) is 15.0 Å². The Hall–Kier alpha value is -1.78. The molecule has 5 nitrogen and oxygen atoms in total. The van der Waals surface area contributed by atoms with Crippen molar-refractivity contribution in [3.8, 4) is 0 Å². The van der Waals surface area contributed by atoms with Crippen LogP contribution in [0.4, 0.5) is 0 Å². The second kappa shape index (κ2) is 1.85. The highest BCUT2D eigenvalue weighted by Gasteiger charge is 1.95. The minimum Gasteiger partial charge on any atom is -0.327 e. The van der Waals surface area contributed by atoms with Crippen LogP contribution in [0.3, 0.4) is 0 Å². The normalized spacial score (nSPS) is 10.5. The summed E-state index contributed by atoms with van der Waals surface area (Å²) in [5, 5.41) is 0. The van der Waals surface area contributed by atoms with Gasteiger partial charge in [-0.1, -0.05) is 0 Å². The predicted octanol–water partition coefficient (Wildman–Crippen LogP) is -0.456. The van der Waals surface area contributed by atoms with Crippen molar-refractivity contribution in [1.29, 1.82) is 0 Å². The van der Waals surface area contributed by atoms with Crippen molar-refractivity contribution in [3.63, 3.8) is 0 Å². The minimum absolute atomic E-state index is 0.229. The van der Waals surface area contributed by atoms with Crippen molar-refractivity contribution < 1.29 is 0 Å². The zero-order valence-electron chi connectivity index (χ0n) is 5.47. The lowest BCUT2D eigenvalue weighted by Gasteiger charge is -1.83. The summed E-state index contributed by atoms with van der Waals surface area (Å²) in [4.78, 5) is 28.8. The van der Waals surface area contributed by atoms with Gasteiger partial charge >= 0.3 is 5.69 Å². The number of aromatic amines is 3. The van der Waals surface area contributed by atoms with E-state index in [2.05, 4.69) is 15.0 Å². The number of pyridine rings is 1. The maximum Gasteiger partial charge on any atom is 0.323 e. The van der Waals surface area contributed by atoms with Crippen LogP contribution in [-0.4, -0.2) is 15.0 Å². The molecule has 0 aliphatic carbocycles. The highest BCUT2D eigenvalue weighted by Crippen LogP contribution is 1.97. The van der Waals surface area contributed by atoms with Crippen LogP contribution < -0.4 is 11.2 Å². The highest BCUT2D eigenvalue weighted by atomic mass is 16.1. The molecule has 2 heterocycles. The molecule has 2 aromatic rings. The third kappa shape index (κ3) is 0.861. The topological polar surface area (TPSA) is 81.5 Å². The number of imidazole rings is 1. The fourth-order valence-electron chi connectivity index (χ4n) is 0.954. The van der Waals surface area contributed by atoms with Gasteiger partial charge in [-0.2, -0.15) is 0 Å². The second-order valence-electron chi connectivity index (χ2n) is 2.20. The van der Waals surface area contributed by atoms with Crippen molar-refractivity contribution in [3.05, 3.63) is 33.1 Å². The first-order chi connectivity index (χ1) is 5.25. The molecular weight excluding hydrogens is 146 g/mol. The first-order valence-electron chi connectivity index (χ1n) is 3.06. The summed E-state index contributed by atoms with van der Waals surface area (Å²) < 4.78 is 0. The highest BCUT2D eigenvalue weighted by molar-refractivity contribution is 5.72. The smallest absolute Gasteiger partial charge is 0.323 e. The van der Waals surface area contributed by atoms with E-state index in [-0.39, 0.29) is 11.2 Å². The standard InChI is InChI=1S/C6H5N3O2/c10-5-1-3-4(2-7-5)9-6(11)8-3/h1-2H,(H,7,10)(H2,8,9,11). The summed E-state index contributed by atoms with van der Waals surface area (Å²) in [6, 6.07) is 1.33. The molecule has 0 amide bonds. The van der Waals surface area contributed by atoms with Crippen LogP contribution in [0.2, 0.25) is 0 Å². The summed E-state index contributed by atoms with van der Waals surface area (Å²) >= 11 is 0. The maximum absolute atomic E-state index is 10.7. The summed E-state index contributed by atoms with van der Waals surface area (Å²) in [6.45, 7) is 0. The summed E-state index contributed by atoms with van der Waals surface area (Å²) in [6.07, 6.45) is 1.45. The molecule has 56 valence electrons. The summed E-state index contributed by atoms with van der Waals surface area (Å²) in [5.74, 6) is 0. The Balaban J connectivity index is 3.03. The number of H-pyrrole nitrogens is 3. The minimum atomic E-state index is -0.306. The number of rotatable bonds is 0. The fraction of sp³-hybridized carbons (Fsp3) is 0. The van der Waals surface area contributed by atoms with E-state index in [1.54, 1.807) is 0 Å². The van der Waals surface area contributed by atoms with Gasteiger partial charge in [0.15, 0.2) is 0 Å². The molecule has 0 unspecified atom stereocenters. The molecule has 3 N–H and O–H groups in total. The first-order valence-corrected chi connectivity index (χ1v) is 3.06. The number of aromatic nitrogens is 3. The molecule has 0 aliphatic heterocycles. The lowest BCUT2D eigenvalue weighted by molar-refractivity contribution is 1.21. The van der Waals surface area contributed by atoms with E-state index in [0.29, 0.717) is 11.0 Å². The Bertz CT molecular complexity index is 488. The molecule has 0 saturated heterocycles. The van der Waals surface area contributed by atoms with Gasteiger partial charge in [-0.15, -0.1) is 0 Å². The molecule has 5 heteroatoms. The van der Waals surface area contributed by atoms with E-state index in [1.807, 2.05) is 0 Å². The van der Waals surface area contributed by atoms with Gasteiger partial charge in [-0.25, -0.2) is 4.79 Å². The Kier molecular flexibility index (Phi) is 1.00. The van der Waals surface area contributed by atoms with Crippen LogP contribution in [-0.2, 0) is 0 Å². The van der Waals surface area contributed by atoms with Crippen LogP contribution in [0, 0.1) is 0 Å². The molecule has 0 radical (unpaired) electrons. The zero-order valence-corrected chi connectivity index (χ0v) is 5.47. The largest absolute Gasteiger partial charge is 0.327 e. The number of hydrogen-bond donors (Lipinski definition) is 3. The second-order valence-corrected chi connectivity index (χ2v) is 2.20. The Labute approximate surface area is 60.1 Å². The third-order valence-electron chi connectivity index (χ3n) is 1.42. The first kappa shape index (κ1) is 5.96. The van der Waals surface area contributed by atoms with Gasteiger partial charge in [0.1, 0.15) is 0 Å². The predicted molar refractivity (Wildman–Crippen MR) is 39.5 cm³/mol. The lowest BCUT2D eigenvalue weighted by atomic mass is 10.4. The van der Waals surface area contributed by atoms with E-state index < -0.39 is 0 Å². The maximum atomic E-state index is 10.7. The van der Waals surface area contributed by atoms with Gasteiger partial charge in [-0.3, -0.25) is 4.79 Å². The molecule has 0 aromatic carbocycles. The number of hydrogen-bond acceptors (Lipinski definition) is 2. The van der Waals surface area contributed by atoms with Crippen LogP contribution in [0.15, 0.2) is 21.9 Å². The van der Waals surface area contributed by atoms with Crippen LogP contribution in [0.5, 0.6) is 0 Å². The zero-order chi connectivity index (χ0) is 7.84. The average molecular weight is 151 g/mol. The molecule has 2 rings (SSSR count). The van der Waals surface area contributed by atoms with Crippen LogP contribution in [0.1, 0.15) is 0 Å². The Morgan fingerprint density at radius 3 is 2.64 bits per heavy atom. The van der Waals surface area contributed by atoms with E-state index in [0.717, 1.165) is 0 Å². The fourth-order valence-corrected chi connectivity index (χ4v) is 0.954. The lowest BCUT2D eigenvalue weighted by Crippen LogP contribution is -2.01. The van der Waals surface area contributed by atoms with E-state index in [1.165, 1.54) is 12.3 Å². The van der Waals surface area contributed by atoms with Crippen molar-refractivity contribution in [2.75, 3.05) is 0 Å². The molecular formula is C6H5N3O2. The van der Waals surface area contributed by atoms with Gasteiger partial charge in [0.05, 0.1) is 11.0 Å². The van der Waals surface area contributed by atoms with Gasteiger partial charge in [0, 0.05) is 12.3 Å². The van der Waals surface area contributed by atoms with Gasteiger partial charge in [0.2, 0.25) is 5.56 Å². The van der Waals surface area contributed by atoms with Gasteiger partial charge < -0.3 is 15.0 Å². The summed E-state index contributed by atoms with van der Waals surface area (Å²) in [7, 11) is 0. The van der Waals surface area contributed by atoms with Gasteiger partial charge in [-0.05, 0) is 0 Å². The van der Waals surface area contributed by atoms with Crippen molar-refractivity contribution >= 4 is 11.0 Å². The monoisotopic (exact) mass is 151 g/mol. The van der Waals surface area contributed by atoms with E-state index in [4.69, 9.17) is 0 Å². The van der Waals surface area contributed by atoms with Crippen LogP contribution in [0.25, 0.3) is 11.0 Å². The third-order valence-corrected chi connectivity index (χ3v) is 1.42. The molecule has 0 bridgehead atoms. The Morgan fingerprint density at radius 2 is 1.82 bits per heavy atom. The SMILES string of the molecule is O=c1cc2[nH]c(=O)[nH]c2c[nH]1. The number of nitrogens with one attached hydrogen (secondary N) is 3. The molecule has 0 saturated carbocycles. The quantitative estimate of drug-likeness (QED) is 0.476. The van der Waals surface area contributed by atoms with Gasteiger partial charge in [0.25, 0.3) is 0 Å². The molecule has 0 spiro atoms. The molecule has 11 heavy (non-hydrogen) atoms. The average Bonchev–Trinajstić information content (AvgIpc) is 2.27. The molecule has 0 aliphatic rings. The molecule has 2 aromatic heterocycles. The molecule has 0 fully saturated rings. The Morgan fingerprint density at radius 1 is 1.09 bits per heavy atom. The van der Waals surface area contributed by atoms with Crippen LogP contribution >= 0.6 is 0 Å². The molecule has 0 atom stereocenters. The van der Waals surface area contributed by atoms with E-state index >= 15 is 0 Å². The van der Waals surface area contributed by atoms with E-state index in [9.17, 15) is 9.59 Å². The van der Waals surface area contributed by atoms with Crippen molar-refractivity contribution in [2.24, 2.45) is 0 Å². The number of fused-ring (bicyclic) bond motifs is 1.